The lowest BCUT2D eigenvalue weighted by molar-refractivity contribution is -0.138. The molecule has 1 aliphatic rings. The molecule has 0 saturated carbocycles. The van der Waals surface area contributed by atoms with Crippen LogP contribution >= 0.6 is 11.3 Å². The van der Waals surface area contributed by atoms with Crippen molar-refractivity contribution in [2.75, 3.05) is 11.4 Å². The molecule has 3 rings (SSSR count). The Balaban J connectivity index is 1.96. The van der Waals surface area contributed by atoms with Gasteiger partial charge in [-0.2, -0.15) is 0 Å². The molecular weight excluding hydrogens is 286 g/mol. The zero-order valence-electron chi connectivity index (χ0n) is 11.7. The summed E-state index contributed by atoms with van der Waals surface area (Å²) in [5.74, 6) is -0.528. The number of para-hydroxylation sites is 1. The Morgan fingerprint density at radius 1 is 1.52 bits per heavy atom. The van der Waals surface area contributed by atoms with Gasteiger partial charge in [0.2, 0.25) is 0 Å². The van der Waals surface area contributed by atoms with Crippen LogP contribution in [0.5, 0.6) is 0 Å². The molecule has 0 radical (unpaired) electrons. The molecule has 21 heavy (non-hydrogen) atoms. The van der Waals surface area contributed by atoms with Crippen molar-refractivity contribution in [3.63, 3.8) is 0 Å². The predicted octanol–water partition coefficient (Wildman–Crippen LogP) is 2.56. The molecule has 1 aromatic heterocycles. The molecule has 3 N–H and O–H groups in total. The number of aromatic nitrogens is 1. The van der Waals surface area contributed by atoms with E-state index in [0.717, 1.165) is 23.8 Å². The summed E-state index contributed by atoms with van der Waals surface area (Å²) in [5.41, 5.74) is 8.50. The van der Waals surface area contributed by atoms with Crippen LogP contribution in [0.1, 0.15) is 24.2 Å². The third-order valence-corrected chi connectivity index (χ3v) is 4.55. The van der Waals surface area contributed by atoms with Crippen molar-refractivity contribution >= 4 is 28.1 Å². The fraction of sp³-hybridized carbons (Fsp3) is 0.333. The van der Waals surface area contributed by atoms with Crippen LogP contribution in [0.3, 0.4) is 0 Å². The van der Waals surface area contributed by atoms with Gasteiger partial charge in [-0.3, -0.25) is 4.79 Å². The lowest BCUT2D eigenvalue weighted by Gasteiger charge is -2.32. The normalized spacial score (nSPS) is 19.1. The smallest absolute Gasteiger partial charge is 0.326 e. The molecule has 2 aromatic rings. The molecular formula is C15H17N3O2S. The highest BCUT2D eigenvalue weighted by molar-refractivity contribution is 7.13. The van der Waals surface area contributed by atoms with E-state index < -0.39 is 12.0 Å². The van der Waals surface area contributed by atoms with Crippen molar-refractivity contribution in [3.05, 3.63) is 40.9 Å². The number of nitrogens with zero attached hydrogens (tertiary/aromatic N) is 2. The van der Waals surface area contributed by atoms with Gasteiger partial charge in [-0.1, -0.05) is 25.1 Å². The topological polar surface area (TPSA) is 79.5 Å². The number of rotatable bonds is 3. The first-order chi connectivity index (χ1) is 10.1. The van der Waals surface area contributed by atoms with E-state index >= 15 is 0 Å². The van der Waals surface area contributed by atoms with Gasteiger partial charge in [0.25, 0.3) is 0 Å². The summed E-state index contributed by atoms with van der Waals surface area (Å²) in [6.07, 6.45) is 1.06. The molecule has 110 valence electrons. The highest BCUT2D eigenvalue weighted by Gasteiger charge is 2.26. The number of hydrogen-bond donors (Lipinski definition) is 2. The monoisotopic (exact) mass is 303 g/mol. The maximum Gasteiger partial charge on any atom is 0.326 e. The number of fused-ring (bicyclic) bond motifs is 1. The molecule has 0 spiro atoms. The van der Waals surface area contributed by atoms with Crippen LogP contribution in [0.4, 0.5) is 10.8 Å². The van der Waals surface area contributed by atoms with Gasteiger partial charge in [0, 0.05) is 17.6 Å². The first-order valence-electron chi connectivity index (χ1n) is 6.85. The van der Waals surface area contributed by atoms with E-state index in [1.54, 1.807) is 5.38 Å². The lowest BCUT2D eigenvalue weighted by atomic mass is 9.94. The minimum absolute atomic E-state index is 0.415. The van der Waals surface area contributed by atoms with Crippen molar-refractivity contribution in [1.29, 1.82) is 0 Å². The zero-order valence-corrected chi connectivity index (χ0v) is 12.5. The van der Waals surface area contributed by atoms with E-state index in [4.69, 9.17) is 10.8 Å². The lowest BCUT2D eigenvalue weighted by Crippen LogP contribution is -2.30. The molecule has 0 bridgehead atoms. The van der Waals surface area contributed by atoms with Crippen molar-refractivity contribution in [1.82, 2.24) is 4.98 Å². The standard InChI is InChI=1S/C15H17N3O2S/c1-9-6-10-4-2-3-5-12(10)18(7-9)15-17-11(8-21-15)13(16)14(19)20/h2-5,8-9,13H,6-7,16H2,1H3,(H,19,20). The summed E-state index contributed by atoms with van der Waals surface area (Å²) < 4.78 is 0. The molecule has 6 heteroatoms. The molecule has 0 saturated heterocycles. The van der Waals surface area contributed by atoms with Gasteiger partial charge in [-0.05, 0) is 24.0 Å². The quantitative estimate of drug-likeness (QED) is 0.911. The van der Waals surface area contributed by atoms with Gasteiger partial charge in [0.05, 0.1) is 5.69 Å². The average molecular weight is 303 g/mol. The van der Waals surface area contributed by atoms with Crippen molar-refractivity contribution in [2.24, 2.45) is 11.7 Å². The number of aliphatic carboxylic acids is 1. The van der Waals surface area contributed by atoms with E-state index in [1.807, 2.05) is 12.1 Å². The number of carboxylic acids is 1. The molecule has 2 atom stereocenters. The second kappa shape index (κ2) is 5.46. The number of benzene rings is 1. The zero-order chi connectivity index (χ0) is 15.0. The second-order valence-electron chi connectivity index (χ2n) is 5.42. The van der Waals surface area contributed by atoms with Crippen molar-refractivity contribution in [2.45, 2.75) is 19.4 Å². The first kappa shape index (κ1) is 14.0. The highest BCUT2D eigenvalue weighted by Crippen LogP contribution is 2.37. The van der Waals surface area contributed by atoms with Crippen LogP contribution in [0.2, 0.25) is 0 Å². The van der Waals surface area contributed by atoms with Gasteiger partial charge in [0.1, 0.15) is 6.04 Å². The fourth-order valence-electron chi connectivity index (χ4n) is 2.65. The third-order valence-electron chi connectivity index (χ3n) is 3.67. The largest absolute Gasteiger partial charge is 0.480 e. The maximum absolute atomic E-state index is 11.0. The highest BCUT2D eigenvalue weighted by atomic mass is 32.1. The van der Waals surface area contributed by atoms with Crippen molar-refractivity contribution < 1.29 is 9.90 Å². The molecule has 1 aromatic carbocycles. The predicted molar refractivity (Wildman–Crippen MR) is 83.0 cm³/mol. The summed E-state index contributed by atoms with van der Waals surface area (Å²) >= 11 is 1.44. The SMILES string of the molecule is CC1Cc2ccccc2N(c2nc(C(N)C(=O)O)cs2)C1. The minimum atomic E-state index is -1.06. The number of thiazole rings is 1. The Hall–Kier alpha value is -1.92. The van der Waals surface area contributed by atoms with E-state index in [1.165, 1.54) is 16.9 Å². The van der Waals surface area contributed by atoms with Crippen LogP contribution < -0.4 is 10.6 Å². The maximum atomic E-state index is 11.0. The van der Waals surface area contributed by atoms with Gasteiger partial charge in [0.15, 0.2) is 5.13 Å². The van der Waals surface area contributed by atoms with Gasteiger partial charge in [-0.25, -0.2) is 4.98 Å². The Morgan fingerprint density at radius 2 is 2.29 bits per heavy atom. The minimum Gasteiger partial charge on any atom is -0.480 e. The number of anilines is 2. The van der Waals surface area contributed by atoms with E-state index in [9.17, 15) is 4.79 Å². The first-order valence-corrected chi connectivity index (χ1v) is 7.73. The molecule has 0 fully saturated rings. The van der Waals surface area contributed by atoms with E-state index in [2.05, 4.69) is 28.9 Å². The van der Waals surface area contributed by atoms with Crippen LogP contribution in [0.15, 0.2) is 29.6 Å². The Morgan fingerprint density at radius 3 is 3.05 bits per heavy atom. The summed E-state index contributed by atoms with van der Waals surface area (Å²) in [4.78, 5) is 17.5. The molecule has 2 unspecified atom stereocenters. The number of hydrogen-bond acceptors (Lipinski definition) is 5. The van der Waals surface area contributed by atoms with E-state index in [0.29, 0.717) is 11.6 Å². The summed E-state index contributed by atoms with van der Waals surface area (Å²) in [5, 5.41) is 11.5. The second-order valence-corrected chi connectivity index (χ2v) is 6.26. The number of carboxylic acid groups (broad SMARTS) is 1. The van der Waals surface area contributed by atoms with E-state index in [-0.39, 0.29) is 0 Å². The Bertz CT molecular complexity index is 670. The van der Waals surface area contributed by atoms with Gasteiger partial charge < -0.3 is 15.7 Å². The van der Waals surface area contributed by atoms with Crippen LogP contribution in [0, 0.1) is 5.92 Å². The van der Waals surface area contributed by atoms with Crippen LogP contribution in [0.25, 0.3) is 0 Å². The molecule has 0 aliphatic carbocycles. The summed E-state index contributed by atoms with van der Waals surface area (Å²) in [7, 11) is 0. The Kier molecular flexibility index (Phi) is 3.65. The number of nitrogens with two attached hydrogens (primary N) is 1. The molecule has 0 amide bonds. The fourth-order valence-corrected chi connectivity index (χ4v) is 3.53. The average Bonchev–Trinajstić information content (AvgIpc) is 2.94. The summed E-state index contributed by atoms with van der Waals surface area (Å²) in [6.45, 7) is 3.09. The summed E-state index contributed by atoms with van der Waals surface area (Å²) in [6, 6.07) is 7.21. The van der Waals surface area contributed by atoms with Crippen molar-refractivity contribution in [3.8, 4) is 0 Å². The molecule has 2 heterocycles. The Labute approximate surface area is 127 Å². The third kappa shape index (κ3) is 2.64. The van der Waals surface area contributed by atoms with Gasteiger partial charge in [-0.15, -0.1) is 11.3 Å². The van der Waals surface area contributed by atoms with Gasteiger partial charge >= 0.3 is 5.97 Å². The molecule has 5 nitrogen and oxygen atoms in total. The van der Waals surface area contributed by atoms with Crippen LogP contribution in [-0.2, 0) is 11.2 Å². The molecule has 1 aliphatic heterocycles. The number of carbonyl (C=O) groups is 1. The van der Waals surface area contributed by atoms with Crippen LogP contribution in [-0.4, -0.2) is 22.6 Å².